The summed E-state index contributed by atoms with van der Waals surface area (Å²) in [5.74, 6) is -0.0572. The monoisotopic (exact) mass is 438 g/mol. The summed E-state index contributed by atoms with van der Waals surface area (Å²) in [6.07, 6.45) is 5.05. The number of benzene rings is 2. The van der Waals surface area contributed by atoms with Crippen LogP contribution < -0.4 is 10.1 Å². The smallest absolute Gasteiger partial charge is 0.230 e. The Morgan fingerprint density at radius 2 is 1.97 bits per heavy atom. The summed E-state index contributed by atoms with van der Waals surface area (Å²) < 4.78 is 18.4. The number of hydrogen-bond donors (Lipinski definition) is 1. The summed E-state index contributed by atoms with van der Waals surface area (Å²) in [6.45, 7) is 0. The van der Waals surface area contributed by atoms with Crippen molar-refractivity contribution in [2.45, 2.75) is 25.7 Å². The number of halogens is 2. The maximum atomic E-state index is 13.0. The molecule has 0 unspecified atom stereocenters. The van der Waals surface area contributed by atoms with Crippen molar-refractivity contribution in [2.75, 3.05) is 12.4 Å². The van der Waals surface area contributed by atoms with Crippen LogP contribution in [0.1, 0.15) is 28.9 Å². The zero-order valence-corrected chi connectivity index (χ0v) is 17.6. The van der Waals surface area contributed by atoms with Gasteiger partial charge in [0, 0.05) is 5.02 Å². The van der Waals surface area contributed by atoms with E-state index in [1.54, 1.807) is 18.2 Å². The number of aromatic nitrogens is 2. The van der Waals surface area contributed by atoms with Gasteiger partial charge in [0.05, 0.1) is 37.3 Å². The van der Waals surface area contributed by atoms with Gasteiger partial charge in [-0.3, -0.25) is 9.78 Å². The van der Waals surface area contributed by atoms with Crippen LogP contribution in [0.4, 0.5) is 10.1 Å². The molecule has 31 heavy (non-hydrogen) atoms. The third kappa shape index (κ3) is 6.24. The van der Waals surface area contributed by atoms with Crippen molar-refractivity contribution in [2.24, 2.45) is 0 Å². The molecule has 6 nitrogen and oxygen atoms in total. The summed E-state index contributed by atoms with van der Waals surface area (Å²) in [6, 6.07) is 11.8. The second kappa shape index (κ2) is 10.5. The number of nitrogens with zero attached hydrogens (tertiary/aromatic N) is 3. The molecule has 1 N–H and O–H groups in total. The molecule has 0 saturated heterocycles. The Hall–Kier alpha value is -3.50. The summed E-state index contributed by atoms with van der Waals surface area (Å²) >= 11 is 6.43. The van der Waals surface area contributed by atoms with Gasteiger partial charge in [-0.05, 0) is 54.7 Å². The van der Waals surface area contributed by atoms with Crippen LogP contribution in [-0.4, -0.2) is 23.0 Å². The first-order valence-electron chi connectivity index (χ1n) is 9.60. The minimum Gasteiger partial charge on any atom is -0.495 e. The highest BCUT2D eigenvalue weighted by molar-refractivity contribution is 6.31. The van der Waals surface area contributed by atoms with Gasteiger partial charge in [0.1, 0.15) is 17.6 Å². The van der Waals surface area contributed by atoms with Crippen molar-refractivity contribution in [3.8, 4) is 11.8 Å². The molecule has 1 aromatic heterocycles. The molecule has 0 saturated carbocycles. The Bertz CT molecular complexity index is 1100. The molecule has 0 spiro atoms. The number of methoxy groups -OCH3 is 1. The normalized spacial score (nSPS) is 10.4. The van der Waals surface area contributed by atoms with Crippen LogP contribution >= 0.6 is 11.6 Å². The second-order valence-corrected chi connectivity index (χ2v) is 7.26. The lowest BCUT2D eigenvalue weighted by molar-refractivity contribution is -0.115. The molecular weight excluding hydrogens is 419 g/mol. The Kier molecular flexibility index (Phi) is 7.52. The van der Waals surface area contributed by atoms with E-state index in [0.717, 1.165) is 24.0 Å². The van der Waals surface area contributed by atoms with E-state index >= 15 is 0 Å². The molecule has 0 aliphatic carbocycles. The molecule has 158 valence electrons. The molecular formula is C23H20ClFN4O2. The molecule has 2 aromatic carbocycles. The van der Waals surface area contributed by atoms with E-state index in [2.05, 4.69) is 15.3 Å². The van der Waals surface area contributed by atoms with E-state index < -0.39 is 0 Å². The van der Waals surface area contributed by atoms with Crippen molar-refractivity contribution < 1.29 is 13.9 Å². The van der Waals surface area contributed by atoms with Crippen LogP contribution in [-0.2, 0) is 24.1 Å². The Morgan fingerprint density at radius 1 is 1.19 bits per heavy atom. The fourth-order valence-corrected chi connectivity index (χ4v) is 3.31. The van der Waals surface area contributed by atoms with Gasteiger partial charge < -0.3 is 10.1 Å². The minimum atomic E-state index is -0.308. The molecule has 3 rings (SSSR count). The van der Waals surface area contributed by atoms with Crippen molar-refractivity contribution in [1.82, 2.24) is 9.97 Å². The molecule has 8 heteroatoms. The van der Waals surface area contributed by atoms with E-state index in [1.807, 2.05) is 12.1 Å². The molecule has 3 aromatic rings. The van der Waals surface area contributed by atoms with Crippen LogP contribution in [0.15, 0.2) is 48.8 Å². The quantitative estimate of drug-likeness (QED) is 0.559. The van der Waals surface area contributed by atoms with E-state index in [9.17, 15) is 9.18 Å². The fourth-order valence-electron chi connectivity index (χ4n) is 3.05. The zero-order chi connectivity index (χ0) is 22.2. The van der Waals surface area contributed by atoms with Crippen LogP contribution in [0.5, 0.6) is 5.75 Å². The number of rotatable bonds is 8. The van der Waals surface area contributed by atoms with Gasteiger partial charge in [0.25, 0.3) is 0 Å². The summed E-state index contributed by atoms with van der Waals surface area (Å²) in [5.41, 5.74) is 3.05. The number of carbonyl (C=O) groups is 1. The lowest BCUT2D eigenvalue weighted by Gasteiger charge is -2.14. The number of nitriles is 1. The lowest BCUT2D eigenvalue weighted by atomic mass is 10.0. The Morgan fingerprint density at radius 3 is 2.61 bits per heavy atom. The molecule has 1 amide bonds. The first-order valence-corrected chi connectivity index (χ1v) is 9.98. The molecule has 0 radical (unpaired) electrons. The number of anilines is 1. The van der Waals surface area contributed by atoms with Gasteiger partial charge in [-0.15, -0.1) is 0 Å². The topological polar surface area (TPSA) is 87.9 Å². The van der Waals surface area contributed by atoms with E-state index in [4.69, 9.17) is 21.6 Å². The van der Waals surface area contributed by atoms with Gasteiger partial charge in [0.2, 0.25) is 5.91 Å². The Balaban J connectivity index is 1.63. The maximum absolute atomic E-state index is 13.0. The highest BCUT2D eigenvalue weighted by atomic mass is 35.5. The molecule has 0 atom stereocenters. The van der Waals surface area contributed by atoms with Crippen LogP contribution in [0.25, 0.3) is 0 Å². The first-order chi connectivity index (χ1) is 15.0. The fraction of sp³-hybridized carbons (Fsp3) is 0.217. The second-order valence-electron chi connectivity index (χ2n) is 6.85. The standard InChI is InChI=1S/C23H20ClFN4O2/c1-31-22-9-16(4-2-3-15-5-7-17(25)8-6-15)20(24)11-21(22)29-23(30)10-18-13-28-19(12-26)14-27-18/h5-9,11,13-14H,2-4,10H2,1H3,(H,29,30). The van der Waals surface area contributed by atoms with Gasteiger partial charge >= 0.3 is 0 Å². The molecule has 0 fully saturated rings. The van der Waals surface area contributed by atoms with Crippen LogP contribution in [0, 0.1) is 17.1 Å². The third-order valence-electron chi connectivity index (χ3n) is 4.63. The summed E-state index contributed by atoms with van der Waals surface area (Å²) in [4.78, 5) is 20.3. The first kappa shape index (κ1) is 22.2. The molecule has 1 heterocycles. The van der Waals surface area contributed by atoms with Crippen molar-refractivity contribution >= 4 is 23.2 Å². The number of nitrogens with one attached hydrogen (secondary N) is 1. The molecule has 0 aliphatic rings. The lowest BCUT2D eigenvalue weighted by Crippen LogP contribution is -2.16. The van der Waals surface area contributed by atoms with Crippen LogP contribution in [0.3, 0.4) is 0 Å². The van der Waals surface area contributed by atoms with Crippen molar-refractivity contribution in [1.29, 1.82) is 5.26 Å². The highest BCUT2D eigenvalue weighted by Crippen LogP contribution is 2.32. The number of carbonyl (C=O) groups excluding carboxylic acids is 1. The van der Waals surface area contributed by atoms with Gasteiger partial charge in [-0.25, -0.2) is 9.37 Å². The average Bonchev–Trinajstić information content (AvgIpc) is 2.77. The molecule has 0 aliphatic heterocycles. The third-order valence-corrected chi connectivity index (χ3v) is 4.98. The van der Waals surface area contributed by atoms with E-state index in [0.29, 0.717) is 28.6 Å². The van der Waals surface area contributed by atoms with E-state index in [1.165, 1.54) is 31.6 Å². The predicted octanol–water partition coefficient (Wildman–Crippen LogP) is 4.51. The largest absolute Gasteiger partial charge is 0.495 e. The maximum Gasteiger partial charge on any atom is 0.230 e. The van der Waals surface area contributed by atoms with Gasteiger partial charge in [0.15, 0.2) is 5.69 Å². The zero-order valence-electron chi connectivity index (χ0n) is 16.9. The highest BCUT2D eigenvalue weighted by Gasteiger charge is 2.13. The van der Waals surface area contributed by atoms with Crippen molar-refractivity contribution in [3.05, 3.63) is 82.1 Å². The summed E-state index contributed by atoms with van der Waals surface area (Å²) in [5, 5.41) is 12.1. The number of amides is 1. The van der Waals surface area contributed by atoms with Gasteiger partial charge in [-0.1, -0.05) is 23.7 Å². The molecule has 0 bridgehead atoms. The number of hydrogen-bond acceptors (Lipinski definition) is 5. The van der Waals surface area contributed by atoms with E-state index in [-0.39, 0.29) is 23.8 Å². The SMILES string of the molecule is COc1cc(CCCc2ccc(F)cc2)c(Cl)cc1NC(=O)Cc1cnc(C#N)cn1. The number of aryl methyl sites for hydroxylation is 2. The van der Waals surface area contributed by atoms with Gasteiger partial charge in [-0.2, -0.15) is 5.26 Å². The average molecular weight is 439 g/mol. The predicted molar refractivity (Wildman–Crippen MR) is 116 cm³/mol. The summed E-state index contributed by atoms with van der Waals surface area (Å²) in [7, 11) is 1.52. The van der Waals surface area contributed by atoms with Crippen LogP contribution in [0.2, 0.25) is 5.02 Å². The van der Waals surface area contributed by atoms with Crippen molar-refractivity contribution in [3.63, 3.8) is 0 Å². The number of ether oxygens (including phenoxy) is 1. The Labute approximate surface area is 184 Å². The minimum absolute atomic E-state index is 0.00109.